The second-order valence-electron chi connectivity index (χ2n) is 6.96. The van der Waals surface area contributed by atoms with Crippen LogP contribution in [0.25, 0.3) is 21.9 Å². The van der Waals surface area contributed by atoms with Gasteiger partial charge in [0.05, 0.1) is 29.1 Å². The number of rotatable bonds is 7. The molecular weight excluding hydrogens is 384 g/mol. The molecule has 0 unspecified atom stereocenters. The minimum atomic E-state index is -0.370. The summed E-state index contributed by atoms with van der Waals surface area (Å²) in [7, 11) is 1.65. The van der Waals surface area contributed by atoms with Crippen LogP contribution in [0.15, 0.2) is 53.3 Å². The summed E-state index contributed by atoms with van der Waals surface area (Å²) in [4.78, 5) is 29.9. The fraction of sp³-hybridized carbons (Fsp3) is 0.286. The maximum Gasteiger partial charge on any atom is 0.278 e. The Morgan fingerprint density at radius 1 is 1.13 bits per heavy atom. The highest BCUT2D eigenvalue weighted by atomic mass is 16.5. The minimum Gasteiger partial charge on any atom is -0.383 e. The normalized spacial score (nSPS) is 12.3. The number of benzene rings is 2. The van der Waals surface area contributed by atoms with Crippen LogP contribution in [-0.4, -0.2) is 44.2 Å². The van der Waals surface area contributed by atoms with Crippen molar-refractivity contribution in [2.45, 2.75) is 26.1 Å². The number of imidazole rings is 1. The van der Waals surface area contributed by atoms with Gasteiger partial charge < -0.3 is 14.6 Å². The molecule has 2 aromatic heterocycles. The molecule has 0 aliphatic heterocycles. The molecule has 2 heterocycles. The zero-order valence-electron chi connectivity index (χ0n) is 16.8. The number of hydrogen-bond donors (Lipinski definition) is 1. The molecule has 0 spiro atoms. The van der Waals surface area contributed by atoms with Crippen molar-refractivity contribution in [3.63, 3.8) is 0 Å². The quantitative estimate of drug-likeness (QED) is 0.501. The molecule has 30 heavy (non-hydrogen) atoms. The SMILES string of the molecule is COCCn1c([C@H](C)NC(=O)Cn2nnc3ccccc3c2=O)nc2ccccc21. The van der Waals surface area contributed by atoms with Gasteiger partial charge in [-0.05, 0) is 31.2 Å². The molecule has 2 aromatic carbocycles. The predicted molar refractivity (Wildman–Crippen MR) is 112 cm³/mol. The van der Waals surface area contributed by atoms with Crippen LogP contribution < -0.4 is 10.9 Å². The van der Waals surface area contributed by atoms with Crippen LogP contribution in [0.1, 0.15) is 18.8 Å². The van der Waals surface area contributed by atoms with Gasteiger partial charge in [-0.3, -0.25) is 9.59 Å². The van der Waals surface area contributed by atoms with Crippen molar-refractivity contribution in [2.24, 2.45) is 0 Å². The average Bonchev–Trinajstić information content (AvgIpc) is 3.13. The Morgan fingerprint density at radius 3 is 2.67 bits per heavy atom. The van der Waals surface area contributed by atoms with Crippen molar-refractivity contribution < 1.29 is 9.53 Å². The Labute approximate surface area is 172 Å². The van der Waals surface area contributed by atoms with Gasteiger partial charge in [-0.1, -0.05) is 29.5 Å². The minimum absolute atomic E-state index is 0.223. The van der Waals surface area contributed by atoms with Crippen molar-refractivity contribution in [1.82, 2.24) is 29.9 Å². The van der Waals surface area contributed by atoms with Crippen molar-refractivity contribution in [3.05, 3.63) is 64.7 Å². The summed E-state index contributed by atoms with van der Waals surface area (Å²) >= 11 is 0. The summed E-state index contributed by atoms with van der Waals surface area (Å²) in [5, 5.41) is 11.2. The van der Waals surface area contributed by atoms with E-state index < -0.39 is 0 Å². The largest absolute Gasteiger partial charge is 0.383 e. The molecular formula is C21H22N6O3. The summed E-state index contributed by atoms with van der Waals surface area (Å²) in [6, 6.07) is 14.3. The van der Waals surface area contributed by atoms with Gasteiger partial charge in [-0.25, -0.2) is 9.67 Å². The molecule has 0 aliphatic rings. The zero-order chi connectivity index (χ0) is 21.1. The second-order valence-corrected chi connectivity index (χ2v) is 6.96. The van der Waals surface area contributed by atoms with E-state index in [1.54, 1.807) is 31.4 Å². The second kappa shape index (κ2) is 8.42. The highest BCUT2D eigenvalue weighted by molar-refractivity contribution is 5.79. The predicted octanol–water partition coefficient (Wildman–Crippen LogP) is 1.66. The van der Waals surface area contributed by atoms with Crippen LogP contribution in [0.5, 0.6) is 0 Å². The Balaban J connectivity index is 1.55. The first-order valence-corrected chi connectivity index (χ1v) is 9.64. The number of hydrogen-bond acceptors (Lipinski definition) is 6. The molecule has 0 radical (unpaired) electrons. The number of fused-ring (bicyclic) bond motifs is 2. The van der Waals surface area contributed by atoms with Gasteiger partial charge in [0.15, 0.2) is 0 Å². The number of ether oxygens (including phenoxy) is 1. The monoisotopic (exact) mass is 406 g/mol. The Kier molecular flexibility index (Phi) is 5.53. The van der Waals surface area contributed by atoms with Gasteiger partial charge in [0, 0.05) is 13.7 Å². The summed E-state index contributed by atoms with van der Waals surface area (Å²) in [5.41, 5.74) is 1.97. The van der Waals surface area contributed by atoms with Crippen LogP contribution >= 0.6 is 0 Å². The first-order chi connectivity index (χ1) is 14.6. The first kappa shape index (κ1) is 19.7. The molecule has 0 fully saturated rings. The maximum absolute atomic E-state index is 12.6. The van der Waals surface area contributed by atoms with Crippen molar-refractivity contribution in [3.8, 4) is 0 Å². The standard InChI is InChI=1S/C21H22N6O3/c1-14(20-23-17-9-5-6-10-18(17)26(20)11-12-30-2)22-19(28)13-27-21(29)15-7-3-4-8-16(15)24-25-27/h3-10,14H,11-13H2,1-2H3,(H,22,28)/t14-/m0/s1. The van der Waals surface area contributed by atoms with Crippen molar-refractivity contribution >= 4 is 27.8 Å². The van der Waals surface area contributed by atoms with Gasteiger partial charge >= 0.3 is 0 Å². The van der Waals surface area contributed by atoms with Gasteiger partial charge in [-0.2, -0.15) is 0 Å². The average molecular weight is 406 g/mol. The fourth-order valence-corrected chi connectivity index (χ4v) is 3.46. The molecule has 154 valence electrons. The smallest absolute Gasteiger partial charge is 0.278 e. The zero-order valence-corrected chi connectivity index (χ0v) is 16.8. The lowest BCUT2D eigenvalue weighted by Gasteiger charge is -2.16. The van der Waals surface area contributed by atoms with Crippen molar-refractivity contribution in [1.29, 1.82) is 0 Å². The fourth-order valence-electron chi connectivity index (χ4n) is 3.46. The van der Waals surface area contributed by atoms with E-state index in [0.29, 0.717) is 24.1 Å². The maximum atomic E-state index is 12.6. The van der Waals surface area contributed by atoms with E-state index in [4.69, 9.17) is 4.74 Å². The molecule has 1 N–H and O–H groups in total. The molecule has 4 rings (SSSR count). The first-order valence-electron chi connectivity index (χ1n) is 9.64. The van der Waals surface area contributed by atoms with E-state index in [2.05, 4.69) is 20.6 Å². The summed E-state index contributed by atoms with van der Waals surface area (Å²) in [6.07, 6.45) is 0. The number of carbonyl (C=O) groups excluding carboxylic acids is 1. The van der Waals surface area contributed by atoms with Crippen molar-refractivity contribution in [2.75, 3.05) is 13.7 Å². The van der Waals surface area contributed by atoms with Crippen LogP contribution in [0.2, 0.25) is 0 Å². The number of amides is 1. The number of carbonyl (C=O) groups is 1. The number of nitrogens with one attached hydrogen (secondary N) is 1. The molecule has 9 heteroatoms. The lowest BCUT2D eigenvalue weighted by Crippen LogP contribution is -2.36. The van der Waals surface area contributed by atoms with Crippen LogP contribution in [-0.2, 0) is 22.6 Å². The number of aromatic nitrogens is 5. The summed E-state index contributed by atoms with van der Waals surface area (Å²) in [6.45, 7) is 2.77. The van der Waals surface area contributed by atoms with E-state index in [1.807, 2.05) is 35.8 Å². The highest BCUT2D eigenvalue weighted by Gasteiger charge is 2.19. The van der Waals surface area contributed by atoms with E-state index in [1.165, 1.54) is 0 Å². The van der Waals surface area contributed by atoms with Gasteiger partial charge in [-0.15, -0.1) is 5.10 Å². The lowest BCUT2D eigenvalue weighted by atomic mass is 10.2. The molecule has 0 bridgehead atoms. The lowest BCUT2D eigenvalue weighted by molar-refractivity contribution is -0.122. The Hall–Kier alpha value is -3.59. The van der Waals surface area contributed by atoms with Gasteiger partial charge in [0.2, 0.25) is 5.91 Å². The Morgan fingerprint density at radius 2 is 1.87 bits per heavy atom. The van der Waals surface area contributed by atoms with Gasteiger partial charge in [0.1, 0.15) is 17.9 Å². The van der Waals surface area contributed by atoms with Gasteiger partial charge in [0.25, 0.3) is 5.56 Å². The summed E-state index contributed by atoms with van der Waals surface area (Å²) in [5.74, 6) is 0.373. The molecule has 1 amide bonds. The number of para-hydroxylation sites is 2. The number of nitrogens with zero attached hydrogens (tertiary/aromatic N) is 5. The summed E-state index contributed by atoms with van der Waals surface area (Å²) < 4.78 is 8.32. The van der Waals surface area contributed by atoms with E-state index in [-0.39, 0.29) is 24.1 Å². The van der Waals surface area contributed by atoms with Crippen LogP contribution in [0.4, 0.5) is 0 Å². The third-order valence-corrected chi connectivity index (χ3v) is 4.89. The van der Waals surface area contributed by atoms with E-state index >= 15 is 0 Å². The highest BCUT2D eigenvalue weighted by Crippen LogP contribution is 2.20. The molecule has 9 nitrogen and oxygen atoms in total. The number of methoxy groups -OCH3 is 1. The topological polar surface area (TPSA) is 104 Å². The molecule has 0 aliphatic carbocycles. The third-order valence-electron chi connectivity index (χ3n) is 4.89. The van der Waals surface area contributed by atoms with E-state index in [9.17, 15) is 9.59 Å². The molecule has 0 saturated carbocycles. The molecule has 1 atom stereocenters. The molecule has 0 saturated heterocycles. The third kappa shape index (κ3) is 3.79. The van der Waals surface area contributed by atoms with Crippen LogP contribution in [0, 0.1) is 0 Å². The Bertz CT molecular complexity index is 1260. The van der Waals surface area contributed by atoms with Crippen LogP contribution in [0.3, 0.4) is 0 Å². The molecule has 4 aromatic rings. The van der Waals surface area contributed by atoms with E-state index in [0.717, 1.165) is 21.5 Å².